The second kappa shape index (κ2) is 12.1. The van der Waals surface area contributed by atoms with Gasteiger partial charge >= 0.3 is 8.80 Å². The van der Waals surface area contributed by atoms with E-state index >= 15 is 0 Å². The van der Waals surface area contributed by atoms with Crippen LogP contribution in [0.3, 0.4) is 0 Å². The van der Waals surface area contributed by atoms with Crippen molar-refractivity contribution in [2.75, 3.05) is 26.5 Å². The molecule has 0 unspecified atom stereocenters. The Bertz CT molecular complexity index is 606. The lowest BCUT2D eigenvalue weighted by molar-refractivity contribution is 0.0859. The number of hydrogen-bond acceptors (Lipinski definition) is 5. The van der Waals surface area contributed by atoms with Gasteiger partial charge in [-0.3, -0.25) is 0 Å². The molecule has 7 heteroatoms. The minimum Gasteiger partial charge on any atom is -0.370 e. The molecule has 1 fully saturated rings. The highest BCUT2D eigenvalue weighted by atomic mass is 79.9. The number of rotatable bonds is 10. The molecule has 0 N–H and O–H groups in total. The molecule has 0 bridgehead atoms. The lowest BCUT2D eigenvalue weighted by atomic mass is 9.95. The summed E-state index contributed by atoms with van der Waals surface area (Å²) in [7, 11) is -2.81. The van der Waals surface area contributed by atoms with E-state index in [2.05, 4.69) is 46.5 Å². The standard InChI is InChI=1S/C22H36N2O3Si.BrH/c1-4-25-28(26-5-2,27-6-3)22-14-12-20(13-15-22)18-23-16-17-24(19-23)21-10-8-7-9-11-21;/h12-17,21H,4-11,18-19H2,1-3H3;1H. The van der Waals surface area contributed by atoms with Crippen molar-refractivity contribution in [3.05, 3.63) is 42.2 Å². The quantitative estimate of drug-likeness (QED) is 0.459. The van der Waals surface area contributed by atoms with Crippen molar-refractivity contribution in [3.63, 3.8) is 0 Å². The molecule has 0 radical (unpaired) electrons. The zero-order valence-electron chi connectivity index (χ0n) is 18.1. The average Bonchev–Trinajstić information content (AvgIpc) is 3.18. The zero-order valence-corrected chi connectivity index (χ0v) is 20.9. The van der Waals surface area contributed by atoms with Gasteiger partial charge < -0.3 is 23.1 Å². The SMILES string of the molecule is Br.CCO[Si](OCC)(OCC)c1ccc(CN2C=CN(C3CCCCC3)C2)cc1. The van der Waals surface area contributed by atoms with Crippen LogP contribution >= 0.6 is 17.0 Å². The van der Waals surface area contributed by atoms with E-state index < -0.39 is 8.80 Å². The summed E-state index contributed by atoms with van der Waals surface area (Å²) in [6, 6.07) is 9.35. The molecule has 0 saturated heterocycles. The van der Waals surface area contributed by atoms with Gasteiger partial charge in [-0.15, -0.1) is 17.0 Å². The molecule has 2 aliphatic rings. The lowest BCUT2D eigenvalue weighted by Gasteiger charge is -2.32. The van der Waals surface area contributed by atoms with Crippen LogP contribution in [0.15, 0.2) is 36.7 Å². The fourth-order valence-corrected chi connectivity index (χ4v) is 6.70. The van der Waals surface area contributed by atoms with Gasteiger partial charge in [-0.05, 0) is 39.2 Å². The molecule has 164 valence electrons. The van der Waals surface area contributed by atoms with Crippen molar-refractivity contribution >= 4 is 31.0 Å². The number of benzene rings is 1. The van der Waals surface area contributed by atoms with Gasteiger partial charge in [0.25, 0.3) is 0 Å². The maximum atomic E-state index is 6.02. The van der Waals surface area contributed by atoms with Crippen LogP contribution in [-0.4, -0.2) is 51.1 Å². The van der Waals surface area contributed by atoms with Gasteiger partial charge in [0.1, 0.15) is 0 Å². The van der Waals surface area contributed by atoms with E-state index in [-0.39, 0.29) is 17.0 Å². The van der Waals surface area contributed by atoms with Crippen LogP contribution in [0, 0.1) is 0 Å². The summed E-state index contributed by atoms with van der Waals surface area (Å²) in [6.45, 7) is 9.66. The normalized spacial score (nSPS) is 17.6. The Morgan fingerprint density at radius 1 is 0.862 bits per heavy atom. The molecule has 0 amide bonds. The zero-order chi connectivity index (χ0) is 19.8. The molecular formula is C22H37BrN2O3Si. The van der Waals surface area contributed by atoms with Gasteiger partial charge in [-0.2, -0.15) is 0 Å². The van der Waals surface area contributed by atoms with E-state index in [4.69, 9.17) is 13.3 Å². The Kier molecular flexibility index (Phi) is 10.2. The summed E-state index contributed by atoms with van der Waals surface area (Å²) in [5.74, 6) is 0. The van der Waals surface area contributed by atoms with Gasteiger partial charge in [-0.25, -0.2) is 0 Å². The van der Waals surface area contributed by atoms with Crippen molar-refractivity contribution in [3.8, 4) is 0 Å². The van der Waals surface area contributed by atoms with Gasteiger partial charge in [-0.1, -0.05) is 43.5 Å². The van der Waals surface area contributed by atoms with E-state index in [0.29, 0.717) is 19.8 Å². The van der Waals surface area contributed by atoms with Crippen LogP contribution in [0.1, 0.15) is 58.4 Å². The molecule has 0 spiro atoms. The smallest absolute Gasteiger partial charge is 0.370 e. The van der Waals surface area contributed by atoms with Crippen molar-refractivity contribution in [2.24, 2.45) is 0 Å². The highest BCUT2D eigenvalue weighted by Crippen LogP contribution is 2.25. The van der Waals surface area contributed by atoms with Crippen LogP contribution in [0.5, 0.6) is 0 Å². The molecule has 29 heavy (non-hydrogen) atoms. The average molecular weight is 486 g/mol. The molecule has 1 aromatic carbocycles. The summed E-state index contributed by atoms with van der Waals surface area (Å²) in [5, 5.41) is 1.04. The minimum atomic E-state index is -2.81. The second-order valence-electron chi connectivity index (χ2n) is 7.54. The number of halogens is 1. The summed E-state index contributed by atoms with van der Waals surface area (Å²) in [4.78, 5) is 4.91. The van der Waals surface area contributed by atoms with Crippen LogP contribution < -0.4 is 5.19 Å². The van der Waals surface area contributed by atoms with E-state index in [0.717, 1.165) is 24.4 Å². The molecule has 3 rings (SSSR count). The number of hydrogen-bond donors (Lipinski definition) is 0. The first-order chi connectivity index (χ1) is 13.7. The summed E-state index contributed by atoms with van der Waals surface area (Å²) < 4.78 is 18.1. The van der Waals surface area contributed by atoms with Gasteiger partial charge in [0.15, 0.2) is 0 Å². The molecule has 1 aliphatic heterocycles. The van der Waals surface area contributed by atoms with Crippen molar-refractivity contribution in [1.82, 2.24) is 9.80 Å². The van der Waals surface area contributed by atoms with Crippen LogP contribution in [0.25, 0.3) is 0 Å². The molecule has 0 atom stereocenters. The maximum absolute atomic E-state index is 6.02. The monoisotopic (exact) mass is 484 g/mol. The van der Waals surface area contributed by atoms with Crippen LogP contribution in [-0.2, 0) is 19.8 Å². The summed E-state index contributed by atoms with van der Waals surface area (Å²) in [5.41, 5.74) is 1.30. The topological polar surface area (TPSA) is 34.2 Å². The predicted octanol–water partition coefficient (Wildman–Crippen LogP) is 4.40. The Morgan fingerprint density at radius 3 is 2.00 bits per heavy atom. The second-order valence-corrected chi connectivity index (χ2v) is 10.1. The van der Waals surface area contributed by atoms with Crippen LogP contribution in [0.2, 0.25) is 0 Å². The minimum absolute atomic E-state index is 0. The van der Waals surface area contributed by atoms with E-state index in [1.807, 2.05) is 20.8 Å². The molecule has 1 saturated carbocycles. The van der Waals surface area contributed by atoms with Gasteiger partial charge in [0.2, 0.25) is 0 Å². The van der Waals surface area contributed by atoms with Crippen molar-refractivity contribution in [2.45, 2.75) is 65.5 Å². The molecule has 1 heterocycles. The van der Waals surface area contributed by atoms with Crippen molar-refractivity contribution < 1.29 is 13.3 Å². The highest BCUT2D eigenvalue weighted by molar-refractivity contribution is 8.93. The Labute approximate surface area is 188 Å². The molecular weight excluding hydrogens is 448 g/mol. The van der Waals surface area contributed by atoms with E-state index in [1.165, 1.54) is 37.7 Å². The van der Waals surface area contributed by atoms with E-state index in [9.17, 15) is 0 Å². The Balaban J connectivity index is 0.00000300. The highest BCUT2D eigenvalue weighted by Gasteiger charge is 2.43. The van der Waals surface area contributed by atoms with Gasteiger partial charge in [0.05, 0.1) is 6.67 Å². The molecule has 1 aliphatic carbocycles. The molecule has 5 nitrogen and oxygen atoms in total. The largest absolute Gasteiger partial charge is 0.537 e. The van der Waals surface area contributed by atoms with E-state index in [1.54, 1.807) is 0 Å². The third-order valence-electron chi connectivity index (χ3n) is 5.55. The summed E-state index contributed by atoms with van der Waals surface area (Å²) >= 11 is 0. The predicted molar refractivity (Wildman–Crippen MR) is 125 cm³/mol. The molecule has 1 aromatic rings. The third kappa shape index (κ3) is 6.31. The first kappa shape index (κ1) is 24.4. The first-order valence-electron chi connectivity index (χ1n) is 10.9. The Hall–Kier alpha value is -0.863. The third-order valence-corrected chi connectivity index (χ3v) is 8.60. The van der Waals surface area contributed by atoms with Crippen LogP contribution in [0.4, 0.5) is 0 Å². The maximum Gasteiger partial charge on any atom is 0.537 e. The van der Waals surface area contributed by atoms with Crippen molar-refractivity contribution in [1.29, 1.82) is 0 Å². The number of nitrogens with zero attached hydrogens (tertiary/aromatic N) is 2. The van der Waals surface area contributed by atoms with Gasteiger partial charge in [0, 0.05) is 50.0 Å². The lowest BCUT2D eigenvalue weighted by Crippen LogP contribution is -2.56. The summed E-state index contributed by atoms with van der Waals surface area (Å²) in [6.07, 6.45) is 11.4. The molecule has 0 aromatic heterocycles. The first-order valence-corrected chi connectivity index (χ1v) is 12.6. The fraction of sp³-hybridized carbons (Fsp3) is 0.636. The Morgan fingerprint density at radius 2 is 1.45 bits per heavy atom. The fourth-order valence-electron chi connectivity index (χ4n) is 4.23.